The van der Waals surface area contributed by atoms with Gasteiger partial charge >= 0.3 is 0 Å². The van der Waals surface area contributed by atoms with Crippen molar-refractivity contribution in [1.29, 1.82) is 0 Å². The summed E-state index contributed by atoms with van der Waals surface area (Å²) in [7, 11) is 0. The second kappa shape index (κ2) is 5.81. The normalized spacial score (nSPS) is 12.7. The Hall–Kier alpha value is -1.24. The van der Waals surface area contributed by atoms with Crippen LogP contribution in [0.3, 0.4) is 0 Å². The van der Waals surface area contributed by atoms with Crippen LogP contribution in [0, 0.1) is 13.8 Å². The maximum atomic E-state index is 5.74. The van der Waals surface area contributed by atoms with Crippen LogP contribution in [0.4, 0.5) is 0 Å². The number of nitrogens with zero attached hydrogens (tertiary/aromatic N) is 3. The van der Waals surface area contributed by atoms with Gasteiger partial charge in [0.05, 0.1) is 22.1 Å². The molecule has 0 aliphatic carbocycles. The summed E-state index contributed by atoms with van der Waals surface area (Å²) in [5.74, 6) is 5.74. The van der Waals surface area contributed by atoms with E-state index in [-0.39, 0.29) is 6.04 Å². The molecule has 0 aliphatic rings. The third-order valence-corrected chi connectivity index (χ3v) is 3.71. The van der Waals surface area contributed by atoms with Gasteiger partial charge in [-0.05, 0) is 47.8 Å². The van der Waals surface area contributed by atoms with E-state index in [2.05, 4.69) is 37.5 Å². The Kier molecular flexibility index (Phi) is 4.34. The number of nitrogens with one attached hydrogen (secondary N) is 1. The number of halogens is 1. The van der Waals surface area contributed by atoms with Crippen LogP contribution in [-0.2, 0) is 6.54 Å². The predicted octanol–water partition coefficient (Wildman–Crippen LogP) is 2.23. The van der Waals surface area contributed by atoms with Crippen LogP contribution in [0.5, 0.6) is 0 Å². The molecule has 0 saturated heterocycles. The highest BCUT2D eigenvalue weighted by Crippen LogP contribution is 2.28. The summed E-state index contributed by atoms with van der Waals surface area (Å²) >= 11 is 3.53. The smallest absolute Gasteiger partial charge is 0.106 e. The topological polar surface area (TPSA) is 68.8 Å². The van der Waals surface area contributed by atoms with Crippen molar-refractivity contribution in [3.63, 3.8) is 0 Å². The number of aryl methyl sites for hydroxylation is 3. The van der Waals surface area contributed by atoms with Gasteiger partial charge in [-0.25, -0.2) is 5.43 Å². The Balaban J connectivity index is 2.52. The molecular formula is C13H18BrN5. The van der Waals surface area contributed by atoms with Gasteiger partial charge in [0.2, 0.25) is 0 Å². The molecule has 5 nitrogen and oxygen atoms in total. The number of hydrogen-bond donors (Lipinski definition) is 2. The van der Waals surface area contributed by atoms with E-state index in [1.165, 1.54) is 0 Å². The second-order valence-corrected chi connectivity index (χ2v) is 5.36. The van der Waals surface area contributed by atoms with Crippen molar-refractivity contribution in [2.75, 3.05) is 0 Å². The molecule has 0 aromatic carbocycles. The SMILES string of the molecule is CCn1ncc(Br)c1C(NN)c1ncc(C)cc1C. The third-order valence-electron chi connectivity index (χ3n) is 3.10. The summed E-state index contributed by atoms with van der Waals surface area (Å²) < 4.78 is 2.84. The zero-order valence-corrected chi connectivity index (χ0v) is 12.9. The minimum atomic E-state index is -0.183. The van der Waals surface area contributed by atoms with Crippen molar-refractivity contribution in [1.82, 2.24) is 20.2 Å². The summed E-state index contributed by atoms with van der Waals surface area (Å²) in [5, 5.41) is 4.32. The maximum Gasteiger partial charge on any atom is 0.106 e. The molecule has 2 rings (SSSR count). The quantitative estimate of drug-likeness (QED) is 0.668. The molecule has 0 aliphatic heterocycles. The van der Waals surface area contributed by atoms with Crippen LogP contribution in [0.1, 0.15) is 35.5 Å². The van der Waals surface area contributed by atoms with Crippen LogP contribution < -0.4 is 11.3 Å². The number of hydrazine groups is 1. The van der Waals surface area contributed by atoms with E-state index in [9.17, 15) is 0 Å². The van der Waals surface area contributed by atoms with Crippen LogP contribution in [0.15, 0.2) is 22.9 Å². The van der Waals surface area contributed by atoms with Gasteiger partial charge in [-0.1, -0.05) is 6.07 Å². The molecule has 102 valence electrons. The van der Waals surface area contributed by atoms with Gasteiger partial charge in [0, 0.05) is 12.7 Å². The average molecular weight is 324 g/mol. The molecule has 6 heteroatoms. The summed E-state index contributed by atoms with van der Waals surface area (Å²) in [6.07, 6.45) is 3.64. The minimum absolute atomic E-state index is 0.183. The Labute approximate surface area is 121 Å². The zero-order chi connectivity index (χ0) is 14.0. The molecule has 0 bridgehead atoms. The van der Waals surface area contributed by atoms with E-state index in [1.54, 1.807) is 6.20 Å². The molecule has 19 heavy (non-hydrogen) atoms. The Morgan fingerprint density at radius 1 is 1.42 bits per heavy atom. The molecule has 2 heterocycles. The fourth-order valence-corrected chi connectivity index (χ4v) is 2.75. The van der Waals surface area contributed by atoms with Crippen molar-refractivity contribution in [3.05, 3.63) is 45.4 Å². The summed E-state index contributed by atoms with van der Waals surface area (Å²) in [4.78, 5) is 4.52. The third kappa shape index (κ3) is 2.70. The lowest BCUT2D eigenvalue weighted by atomic mass is 10.0. The molecule has 0 fully saturated rings. The average Bonchev–Trinajstić information content (AvgIpc) is 2.74. The Morgan fingerprint density at radius 3 is 2.74 bits per heavy atom. The number of pyridine rings is 1. The van der Waals surface area contributed by atoms with E-state index in [0.717, 1.165) is 33.5 Å². The first-order valence-corrected chi connectivity index (χ1v) is 6.98. The van der Waals surface area contributed by atoms with Gasteiger partial charge in [-0.3, -0.25) is 15.5 Å². The van der Waals surface area contributed by atoms with E-state index in [1.807, 2.05) is 31.6 Å². The Morgan fingerprint density at radius 2 is 2.16 bits per heavy atom. The van der Waals surface area contributed by atoms with Crippen LogP contribution >= 0.6 is 15.9 Å². The number of aromatic nitrogens is 3. The van der Waals surface area contributed by atoms with Crippen molar-refractivity contribution < 1.29 is 0 Å². The number of nitrogens with two attached hydrogens (primary N) is 1. The first-order chi connectivity index (χ1) is 9.08. The molecule has 0 radical (unpaired) electrons. The van der Waals surface area contributed by atoms with E-state index < -0.39 is 0 Å². The molecule has 1 atom stereocenters. The molecule has 2 aromatic rings. The lowest BCUT2D eigenvalue weighted by Crippen LogP contribution is -2.32. The van der Waals surface area contributed by atoms with E-state index >= 15 is 0 Å². The van der Waals surface area contributed by atoms with Gasteiger partial charge < -0.3 is 0 Å². The predicted molar refractivity (Wildman–Crippen MR) is 78.5 cm³/mol. The van der Waals surface area contributed by atoms with Crippen LogP contribution in [0.2, 0.25) is 0 Å². The molecule has 0 spiro atoms. The van der Waals surface area contributed by atoms with E-state index in [4.69, 9.17) is 5.84 Å². The highest BCUT2D eigenvalue weighted by molar-refractivity contribution is 9.10. The summed E-state index contributed by atoms with van der Waals surface area (Å²) in [5.41, 5.74) is 7.00. The fourth-order valence-electron chi connectivity index (χ4n) is 2.23. The number of rotatable bonds is 4. The highest BCUT2D eigenvalue weighted by atomic mass is 79.9. The molecule has 1 unspecified atom stereocenters. The summed E-state index contributed by atoms with van der Waals surface area (Å²) in [6, 6.07) is 1.92. The van der Waals surface area contributed by atoms with Gasteiger partial charge in [-0.15, -0.1) is 0 Å². The lowest BCUT2D eigenvalue weighted by molar-refractivity contribution is 0.532. The molecule has 3 N–H and O–H groups in total. The summed E-state index contributed by atoms with van der Waals surface area (Å²) in [6.45, 7) is 6.90. The molecular weight excluding hydrogens is 306 g/mol. The van der Waals surface area contributed by atoms with Crippen molar-refractivity contribution in [2.24, 2.45) is 5.84 Å². The first kappa shape index (κ1) is 14.2. The highest BCUT2D eigenvalue weighted by Gasteiger charge is 2.23. The number of hydrogen-bond acceptors (Lipinski definition) is 4. The van der Waals surface area contributed by atoms with Crippen LogP contribution in [-0.4, -0.2) is 14.8 Å². The Bertz CT molecular complexity index is 578. The van der Waals surface area contributed by atoms with Crippen LogP contribution in [0.25, 0.3) is 0 Å². The van der Waals surface area contributed by atoms with Crippen molar-refractivity contribution in [3.8, 4) is 0 Å². The monoisotopic (exact) mass is 323 g/mol. The molecule has 0 saturated carbocycles. The minimum Gasteiger partial charge on any atom is -0.270 e. The maximum absolute atomic E-state index is 5.74. The van der Waals surface area contributed by atoms with Crippen molar-refractivity contribution in [2.45, 2.75) is 33.4 Å². The second-order valence-electron chi connectivity index (χ2n) is 4.51. The van der Waals surface area contributed by atoms with E-state index in [0.29, 0.717) is 0 Å². The first-order valence-electron chi connectivity index (χ1n) is 6.19. The van der Waals surface area contributed by atoms with Gasteiger partial charge in [-0.2, -0.15) is 5.10 Å². The lowest BCUT2D eigenvalue weighted by Gasteiger charge is -2.19. The molecule has 2 aromatic heterocycles. The van der Waals surface area contributed by atoms with Gasteiger partial charge in [0.15, 0.2) is 0 Å². The molecule has 0 amide bonds. The van der Waals surface area contributed by atoms with Crippen molar-refractivity contribution >= 4 is 15.9 Å². The fraction of sp³-hybridized carbons (Fsp3) is 0.385. The van der Waals surface area contributed by atoms with Gasteiger partial charge in [0.1, 0.15) is 6.04 Å². The van der Waals surface area contributed by atoms with Gasteiger partial charge in [0.25, 0.3) is 0 Å². The standard InChI is InChI=1S/C13H18BrN5/c1-4-19-13(10(14)7-17-19)12(18-15)11-9(3)5-8(2)6-16-11/h5-7,12,18H,4,15H2,1-3H3. The largest absolute Gasteiger partial charge is 0.270 e. The zero-order valence-electron chi connectivity index (χ0n) is 11.3.